The second-order valence-corrected chi connectivity index (χ2v) is 5.43. The predicted molar refractivity (Wildman–Crippen MR) is 85.2 cm³/mol. The van der Waals surface area contributed by atoms with Crippen LogP contribution in [0.2, 0.25) is 0 Å². The summed E-state index contributed by atoms with van der Waals surface area (Å²) in [5.74, 6) is 0.841. The molecule has 1 aromatic carbocycles. The average molecular weight is 278 g/mol. The number of para-hydroxylation sites is 1. The van der Waals surface area contributed by atoms with Crippen molar-refractivity contribution in [2.45, 2.75) is 71.3 Å². The molecule has 20 heavy (non-hydrogen) atoms. The van der Waals surface area contributed by atoms with Crippen molar-refractivity contribution < 1.29 is 9.84 Å². The smallest absolute Gasteiger partial charge is 0.125 e. The Balaban J connectivity index is 2.22. The number of ether oxygens (including phenoxy) is 1. The third-order valence-corrected chi connectivity index (χ3v) is 3.67. The Labute approximate surface area is 124 Å². The molecule has 1 N–H and O–H groups in total. The maximum absolute atomic E-state index is 9.95. The van der Waals surface area contributed by atoms with Crippen LogP contribution in [-0.2, 0) is 0 Å². The van der Waals surface area contributed by atoms with E-state index in [0.29, 0.717) is 0 Å². The van der Waals surface area contributed by atoms with E-state index in [0.717, 1.165) is 30.8 Å². The van der Waals surface area contributed by atoms with Crippen LogP contribution in [0.25, 0.3) is 0 Å². The number of aliphatic hydroxyl groups excluding tert-OH is 1. The van der Waals surface area contributed by atoms with Crippen molar-refractivity contribution in [3.63, 3.8) is 0 Å². The summed E-state index contributed by atoms with van der Waals surface area (Å²) in [7, 11) is 0. The second kappa shape index (κ2) is 10.7. The highest BCUT2D eigenvalue weighted by molar-refractivity contribution is 5.34. The fourth-order valence-corrected chi connectivity index (χ4v) is 2.35. The third kappa shape index (κ3) is 6.42. The van der Waals surface area contributed by atoms with E-state index in [1.807, 2.05) is 31.2 Å². The first kappa shape index (κ1) is 17.0. The molecule has 1 aromatic rings. The highest BCUT2D eigenvalue weighted by Crippen LogP contribution is 2.27. The maximum Gasteiger partial charge on any atom is 0.125 e. The highest BCUT2D eigenvalue weighted by Gasteiger charge is 2.10. The van der Waals surface area contributed by atoms with Gasteiger partial charge in [0.05, 0.1) is 12.7 Å². The van der Waals surface area contributed by atoms with E-state index in [9.17, 15) is 5.11 Å². The summed E-state index contributed by atoms with van der Waals surface area (Å²) in [5, 5.41) is 9.95. The summed E-state index contributed by atoms with van der Waals surface area (Å²) in [6.45, 7) is 4.98. The van der Waals surface area contributed by atoms with Crippen molar-refractivity contribution in [1.82, 2.24) is 0 Å². The Hall–Kier alpha value is -1.02. The van der Waals surface area contributed by atoms with Crippen molar-refractivity contribution in [3.8, 4) is 5.75 Å². The maximum atomic E-state index is 9.95. The Morgan fingerprint density at radius 3 is 2.30 bits per heavy atom. The normalized spacial score (nSPS) is 12.3. The molecule has 0 heterocycles. The SMILES string of the molecule is CCCCCCCCCOc1ccccc1[C@H](O)CC. The van der Waals surface area contributed by atoms with Gasteiger partial charge in [-0.1, -0.05) is 70.6 Å². The fourth-order valence-electron chi connectivity index (χ4n) is 2.35. The van der Waals surface area contributed by atoms with Gasteiger partial charge in [-0.15, -0.1) is 0 Å². The molecule has 0 saturated heterocycles. The molecule has 0 bridgehead atoms. The number of hydrogen-bond acceptors (Lipinski definition) is 2. The first-order valence-corrected chi connectivity index (χ1v) is 8.19. The summed E-state index contributed by atoms with van der Waals surface area (Å²) in [6.07, 6.45) is 9.33. The van der Waals surface area contributed by atoms with Crippen molar-refractivity contribution in [2.24, 2.45) is 0 Å². The lowest BCUT2D eigenvalue weighted by Gasteiger charge is -2.14. The molecule has 0 aromatic heterocycles. The molecule has 2 nitrogen and oxygen atoms in total. The monoisotopic (exact) mass is 278 g/mol. The number of aliphatic hydroxyl groups is 1. The van der Waals surface area contributed by atoms with Gasteiger partial charge >= 0.3 is 0 Å². The topological polar surface area (TPSA) is 29.5 Å². The predicted octanol–water partition coefficient (Wildman–Crippen LogP) is 5.26. The van der Waals surface area contributed by atoms with Crippen molar-refractivity contribution >= 4 is 0 Å². The Morgan fingerprint density at radius 1 is 0.950 bits per heavy atom. The Bertz CT molecular complexity index is 349. The molecule has 1 rings (SSSR count). The molecule has 0 saturated carbocycles. The molecular weight excluding hydrogens is 248 g/mol. The number of unbranched alkanes of at least 4 members (excludes halogenated alkanes) is 6. The number of benzene rings is 1. The lowest BCUT2D eigenvalue weighted by atomic mass is 10.1. The molecule has 0 aliphatic rings. The zero-order valence-corrected chi connectivity index (χ0v) is 13.1. The van der Waals surface area contributed by atoms with Crippen LogP contribution < -0.4 is 4.74 Å². The van der Waals surface area contributed by atoms with Crippen LogP contribution in [0.4, 0.5) is 0 Å². The van der Waals surface area contributed by atoms with Crippen LogP contribution in [0.1, 0.15) is 76.9 Å². The molecule has 114 valence electrons. The summed E-state index contributed by atoms with van der Waals surface area (Å²) in [5.41, 5.74) is 0.915. The van der Waals surface area contributed by atoms with E-state index in [4.69, 9.17) is 4.74 Å². The van der Waals surface area contributed by atoms with E-state index in [1.165, 1.54) is 38.5 Å². The zero-order valence-electron chi connectivity index (χ0n) is 13.1. The zero-order chi connectivity index (χ0) is 14.6. The van der Waals surface area contributed by atoms with Gasteiger partial charge in [-0.2, -0.15) is 0 Å². The summed E-state index contributed by atoms with van der Waals surface area (Å²) in [4.78, 5) is 0. The summed E-state index contributed by atoms with van der Waals surface area (Å²) >= 11 is 0. The van der Waals surface area contributed by atoms with Crippen molar-refractivity contribution in [2.75, 3.05) is 6.61 Å². The lowest BCUT2D eigenvalue weighted by molar-refractivity contribution is 0.167. The average Bonchev–Trinajstić information content (AvgIpc) is 2.49. The molecule has 0 radical (unpaired) electrons. The van der Waals surface area contributed by atoms with E-state index >= 15 is 0 Å². The molecule has 1 atom stereocenters. The van der Waals surface area contributed by atoms with Gasteiger partial charge in [-0.3, -0.25) is 0 Å². The molecule has 2 heteroatoms. The van der Waals surface area contributed by atoms with Gasteiger partial charge in [0.25, 0.3) is 0 Å². The van der Waals surface area contributed by atoms with Crippen LogP contribution in [0.15, 0.2) is 24.3 Å². The first-order chi connectivity index (χ1) is 9.79. The first-order valence-electron chi connectivity index (χ1n) is 8.19. The molecule has 0 fully saturated rings. The van der Waals surface area contributed by atoms with Gasteiger partial charge in [0.1, 0.15) is 5.75 Å². The second-order valence-electron chi connectivity index (χ2n) is 5.43. The minimum atomic E-state index is -0.416. The van der Waals surface area contributed by atoms with Gasteiger partial charge in [0, 0.05) is 5.56 Å². The Kier molecular flexibility index (Phi) is 9.14. The summed E-state index contributed by atoms with van der Waals surface area (Å²) in [6, 6.07) is 7.82. The number of hydrogen-bond donors (Lipinski definition) is 1. The van der Waals surface area contributed by atoms with Crippen LogP contribution in [0, 0.1) is 0 Å². The van der Waals surface area contributed by atoms with Crippen LogP contribution in [-0.4, -0.2) is 11.7 Å². The minimum Gasteiger partial charge on any atom is -0.493 e. The molecule has 0 unspecified atom stereocenters. The van der Waals surface area contributed by atoms with Crippen LogP contribution >= 0.6 is 0 Å². The van der Waals surface area contributed by atoms with Gasteiger partial charge < -0.3 is 9.84 Å². The standard InChI is InChI=1S/C18H30O2/c1-3-5-6-7-8-9-12-15-20-18-14-11-10-13-16(18)17(19)4-2/h10-11,13-14,17,19H,3-9,12,15H2,1-2H3/t17-/m1/s1. The highest BCUT2D eigenvalue weighted by atomic mass is 16.5. The fraction of sp³-hybridized carbons (Fsp3) is 0.667. The Morgan fingerprint density at radius 2 is 1.60 bits per heavy atom. The largest absolute Gasteiger partial charge is 0.493 e. The van der Waals surface area contributed by atoms with Crippen molar-refractivity contribution in [3.05, 3.63) is 29.8 Å². The van der Waals surface area contributed by atoms with Crippen LogP contribution in [0.3, 0.4) is 0 Å². The number of rotatable bonds is 11. The van der Waals surface area contributed by atoms with Gasteiger partial charge in [-0.05, 0) is 18.9 Å². The minimum absolute atomic E-state index is 0.416. The van der Waals surface area contributed by atoms with E-state index < -0.39 is 6.10 Å². The van der Waals surface area contributed by atoms with E-state index in [-0.39, 0.29) is 0 Å². The molecule has 0 amide bonds. The molecule has 0 aliphatic carbocycles. The van der Waals surface area contributed by atoms with E-state index in [2.05, 4.69) is 6.92 Å². The van der Waals surface area contributed by atoms with Crippen LogP contribution in [0.5, 0.6) is 5.75 Å². The van der Waals surface area contributed by atoms with Gasteiger partial charge in [-0.25, -0.2) is 0 Å². The van der Waals surface area contributed by atoms with Crippen molar-refractivity contribution in [1.29, 1.82) is 0 Å². The third-order valence-electron chi connectivity index (χ3n) is 3.67. The quantitative estimate of drug-likeness (QED) is 0.559. The van der Waals surface area contributed by atoms with Gasteiger partial charge in [0.15, 0.2) is 0 Å². The van der Waals surface area contributed by atoms with E-state index in [1.54, 1.807) is 0 Å². The summed E-state index contributed by atoms with van der Waals surface area (Å²) < 4.78 is 5.83. The molecular formula is C18H30O2. The molecule has 0 spiro atoms. The molecule has 0 aliphatic heterocycles. The lowest BCUT2D eigenvalue weighted by Crippen LogP contribution is -2.03. The van der Waals surface area contributed by atoms with Gasteiger partial charge in [0.2, 0.25) is 0 Å².